The number of carboxylic acid groups (broad SMARTS) is 1. The van der Waals surface area contributed by atoms with E-state index in [1.165, 1.54) is 23.1 Å². The van der Waals surface area contributed by atoms with Crippen LogP contribution in [0.1, 0.15) is 31.8 Å². The number of carbonyl (C=O) groups is 3. The Morgan fingerprint density at radius 2 is 1.82 bits per heavy atom. The number of nitrogens with zero attached hydrogens (tertiary/aromatic N) is 1. The van der Waals surface area contributed by atoms with Crippen LogP contribution in [0.4, 0.5) is 0 Å². The molecule has 2 amide bonds. The van der Waals surface area contributed by atoms with Crippen molar-refractivity contribution in [2.24, 2.45) is 0 Å². The van der Waals surface area contributed by atoms with Gasteiger partial charge in [0, 0.05) is 5.56 Å². The normalized spacial score (nSPS) is 13.9. The van der Waals surface area contributed by atoms with Crippen molar-refractivity contribution in [1.82, 2.24) is 4.90 Å². The van der Waals surface area contributed by atoms with Gasteiger partial charge in [0.05, 0.1) is 18.5 Å². The zero-order valence-electron chi connectivity index (χ0n) is 11.7. The van der Waals surface area contributed by atoms with Crippen molar-refractivity contribution in [3.63, 3.8) is 0 Å². The van der Waals surface area contributed by atoms with Crippen molar-refractivity contribution in [3.8, 4) is 0 Å². The third-order valence-corrected chi connectivity index (χ3v) is 3.65. The number of imide groups is 1. The fourth-order valence-electron chi connectivity index (χ4n) is 2.52. The molecule has 110 valence electrons. The molecule has 5 nitrogen and oxygen atoms in total. The van der Waals surface area contributed by atoms with Crippen molar-refractivity contribution in [2.45, 2.75) is 13.0 Å². The van der Waals surface area contributed by atoms with Crippen LogP contribution in [0, 0.1) is 0 Å². The predicted octanol–water partition coefficient (Wildman–Crippen LogP) is 2.11. The summed E-state index contributed by atoms with van der Waals surface area (Å²) < 4.78 is 0. The fourth-order valence-corrected chi connectivity index (χ4v) is 2.52. The highest BCUT2D eigenvalue weighted by atomic mass is 16.4. The number of hydrogen-bond acceptors (Lipinski definition) is 3. The first-order valence-corrected chi connectivity index (χ1v) is 6.81. The van der Waals surface area contributed by atoms with E-state index in [2.05, 4.69) is 0 Å². The SMILES string of the molecule is O=C(O)c1ccc2c(c1)CC(=O)N(Cc1ccccc1)C2=O. The molecule has 1 aliphatic heterocycles. The quantitative estimate of drug-likeness (QED) is 0.880. The Morgan fingerprint density at radius 3 is 2.50 bits per heavy atom. The minimum atomic E-state index is -1.07. The van der Waals surface area contributed by atoms with E-state index in [0.717, 1.165) is 5.56 Å². The third-order valence-electron chi connectivity index (χ3n) is 3.65. The van der Waals surface area contributed by atoms with Crippen LogP contribution in [-0.4, -0.2) is 27.8 Å². The first-order chi connectivity index (χ1) is 10.6. The smallest absolute Gasteiger partial charge is 0.335 e. The van der Waals surface area contributed by atoms with Gasteiger partial charge in [-0.2, -0.15) is 0 Å². The number of hydrogen-bond donors (Lipinski definition) is 1. The van der Waals surface area contributed by atoms with Crippen molar-refractivity contribution in [1.29, 1.82) is 0 Å². The first-order valence-electron chi connectivity index (χ1n) is 6.81. The maximum atomic E-state index is 12.5. The summed E-state index contributed by atoms with van der Waals surface area (Å²) in [7, 11) is 0. The second-order valence-corrected chi connectivity index (χ2v) is 5.12. The summed E-state index contributed by atoms with van der Waals surface area (Å²) in [6.45, 7) is 0.221. The van der Waals surface area contributed by atoms with Crippen LogP contribution in [0.3, 0.4) is 0 Å². The number of benzene rings is 2. The minimum absolute atomic E-state index is 0.0367. The van der Waals surface area contributed by atoms with Gasteiger partial charge in [-0.25, -0.2) is 4.79 Å². The minimum Gasteiger partial charge on any atom is -0.478 e. The van der Waals surface area contributed by atoms with E-state index in [9.17, 15) is 14.4 Å². The highest BCUT2D eigenvalue weighted by Gasteiger charge is 2.31. The largest absolute Gasteiger partial charge is 0.478 e. The fraction of sp³-hybridized carbons (Fsp3) is 0.118. The molecule has 0 aliphatic carbocycles. The molecular weight excluding hydrogens is 282 g/mol. The maximum Gasteiger partial charge on any atom is 0.335 e. The molecule has 0 spiro atoms. The van der Waals surface area contributed by atoms with Gasteiger partial charge in [0.1, 0.15) is 0 Å². The van der Waals surface area contributed by atoms with Gasteiger partial charge < -0.3 is 5.11 Å². The highest BCUT2D eigenvalue weighted by molar-refractivity contribution is 6.10. The number of fused-ring (bicyclic) bond motifs is 1. The molecule has 0 aromatic heterocycles. The van der Waals surface area contributed by atoms with E-state index in [1.807, 2.05) is 30.3 Å². The van der Waals surface area contributed by atoms with Crippen LogP contribution in [0.25, 0.3) is 0 Å². The Bertz CT molecular complexity index is 767. The molecule has 5 heteroatoms. The highest BCUT2D eigenvalue weighted by Crippen LogP contribution is 2.23. The Hall–Kier alpha value is -2.95. The zero-order chi connectivity index (χ0) is 15.7. The van der Waals surface area contributed by atoms with Crippen molar-refractivity contribution in [2.75, 3.05) is 0 Å². The molecule has 2 aromatic carbocycles. The molecule has 0 atom stereocenters. The Morgan fingerprint density at radius 1 is 1.09 bits per heavy atom. The maximum absolute atomic E-state index is 12.5. The van der Waals surface area contributed by atoms with E-state index in [1.54, 1.807) is 0 Å². The number of carboxylic acids is 1. The third kappa shape index (κ3) is 2.48. The summed E-state index contributed by atoms with van der Waals surface area (Å²) in [4.78, 5) is 36.9. The molecule has 0 bridgehead atoms. The summed E-state index contributed by atoms with van der Waals surface area (Å²) in [5.41, 5.74) is 1.81. The molecule has 22 heavy (non-hydrogen) atoms. The van der Waals surface area contributed by atoms with Gasteiger partial charge >= 0.3 is 5.97 Å². The molecular formula is C17H13NO4. The molecule has 1 heterocycles. The van der Waals surface area contributed by atoms with Gasteiger partial charge in [-0.1, -0.05) is 30.3 Å². The zero-order valence-corrected chi connectivity index (χ0v) is 11.7. The topological polar surface area (TPSA) is 74.7 Å². The Labute approximate surface area is 126 Å². The lowest BCUT2D eigenvalue weighted by Crippen LogP contribution is -2.41. The van der Waals surface area contributed by atoms with E-state index < -0.39 is 5.97 Å². The number of rotatable bonds is 3. The summed E-state index contributed by atoms with van der Waals surface area (Å²) in [6.07, 6.45) is 0.0367. The molecule has 0 unspecified atom stereocenters. The predicted molar refractivity (Wildman–Crippen MR) is 78.4 cm³/mol. The van der Waals surface area contributed by atoms with Crippen molar-refractivity contribution >= 4 is 17.8 Å². The van der Waals surface area contributed by atoms with E-state index in [-0.39, 0.29) is 30.3 Å². The number of carbonyl (C=O) groups excluding carboxylic acids is 2. The van der Waals surface area contributed by atoms with Gasteiger partial charge in [-0.05, 0) is 29.3 Å². The number of aromatic carboxylic acids is 1. The van der Waals surface area contributed by atoms with Crippen molar-refractivity contribution in [3.05, 3.63) is 70.8 Å². The van der Waals surface area contributed by atoms with Crippen LogP contribution >= 0.6 is 0 Å². The second kappa shape index (κ2) is 5.44. The van der Waals surface area contributed by atoms with E-state index in [0.29, 0.717) is 11.1 Å². The van der Waals surface area contributed by atoms with E-state index >= 15 is 0 Å². The average molecular weight is 295 g/mol. The Kier molecular flexibility index (Phi) is 3.47. The molecule has 0 fully saturated rings. The standard InChI is InChI=1S/C17H13NO4/c19-15-9-13-8-12(17(21)22)6-7-14(13)16(20)18(15)10-11-4-2-1-3-5-11/h1-8H,9-10H2,(H,21,22). The summed E-state index contributed by atoms with van der Waals surface area (Å²) in [5, 5.41) is 8.98. The Balaban J connectivity index is 1.92. The van der Waals surface area contributed by atoms with Crippen molar-refractivity contribution < 1.29 is 19.5 Å². The molecule has 2 aromatic rings. The molecule has 0 saturated carbocycles. The first kappa shape index (κ1) is 14.0. The van der Waals surface area contributed by atoms with Gasteiger partial charge in [0.15, 0.2) is 0 Å². The summed E-state index contributed by atoms with van der Waals surface area (Å²) in [6, 6.07) is 13.5. The molecule has 3 rings (SSSR count). The van der Waals surface area contributed by atoms with Crippen LogP contribution in [0.15, 0.2) is 48.5 Å². The number of amides is 2. The lowest BCUT2D eigenvalue weighted by molar-refractivity contribution is -0.128. The van der Waals surface area contributed by atoms with Crippen LogP contribution in [-0.2, 0) is 17.8 Å². The summed E-state index contributed by atoms with van der Waals surface area (Å²) >= 11 is 0. The van der Waals surface area contributed by atoms with E-state index in [4.69, 9.17) is 5.11 Å². The second-order valence-electron chi connectivity index (χ2n) is 5.12. The lowest BCUT2D eigenvalue weighted by Gasteiger charge is -2.27. The van der Waals surface area contributed by atoms with Crippen LogP contribution in [0.2, 0.25) is 0 Å². The monoisotopic (exact) mass is 295 g/mol. The van der Waals surface area contributed by atoms with Crippen LogP contribution < -0.4 is 0 Å². The molecule has 0 radical (unpaired) electrons. The van der Waals surface area contributed by atoms with Gasteiger partial charge in [0.25, 0.3) is 5.91 Å². The van der Waals surface area contributed by atoms with Gasteiger partial charge in [0.2, 0.25) is 5.91 Å². The summed E-state index contributed by atoms with van der Waals surface area (Å²) in [5.74, 6) is -1.77. The average Bonchev–Trinajstić information content (AvgIpc) is 2.52. The lowest BCUT2D eigenvalue weighted by atomic mass is 9.95. The van der Waals surface area contributed by atoms with Gasteiger partial charge in [-0.15, -0.1) is 0 Å². The molecule has 1 aliphatic rings. The molecule has 1 N–H and O–H groups in total. The molecule has 0 saturated heterocycles. The van der Waals surface area contributed by atoms with Gasteiger partial charge in [-0.3, -0.25) is 14.5 Å². The van der Waals surface area contributed by atoms with Crippen LogP contribution in [0.5, 0.6) is 0 Å².